The van der Waals surface area contributed by atoms with Crippen LogP contribution in [0.1, 0.15) is 32.3 Å². The molecule has 15 heavy (non-hydrogen) atoms. The lowest BCUT2D eigenvalue weighted by Crippen LogP contribution is -2.33. The summed E-state index contributed by atoms with van der Waals surface area (Å²) in [6.45, 7) is 6.66. The Morgan fingerprint density at radius 2 is 2.00 bits per heavy atom. The van der Waals surface area contributed by atoms with Crippen LogP contribution in [-0.4, -0.2) is 5.54 Å². The number of nitrogens with two attached hydrogens (primary N) is 1. The molecule has 0 unspecified atom stereocenters. The molecule has 1 saturated carbocycles. The van der Waals surface area contributed by atoms with E-state index in [1.54, 1.807) is 0 Å². The fourth-order valence-corrected chi connectivity index (χ4v) is 2.03. The Balaban J connectivity index is 2.19. The van der Waals surface area contributed by atoms with Gasteiger partial charge in [0.05, 0.1) is 0 Å². The summed E-state index contributed by atoms with van der Waals surface area (Å²) in [5.74, 6) is 0.818. The van der Waals surface area contributed by atoms with Gasteiger partial charge in [0.15, 0.2) is 0 Å². The lowest BCUT2D eigenvalue weighted by atomic mass is 9.97. The van der Waals surface area contributed by atoms with Gasteiger partial charge >= 0.3 is 0 Å². The minimum absolute atomic E-state index is 0.193. The molecule has 0 spiro atoms. The number of nitrogen functional groups attached to an aromatic ring is 1. The van der Waals surface area contributed by atoms with Gasteiger partial charge in [-0.3, -0.25) is 0 Å². The second-order valence-corrected chi connectivity index (χ2v) is 5.20. The van der Waals surface area contributed by atoms with Crippen molar-refractivity contribution in [2.45, 2.75) is 39.2 Å². The highest BCUT2D eigenvalue weighted by Crippen LogP contribution is 2.41. The van der Waals surface area contributed by atoms with Gasteiger partial charge in [-0.2, -0.15) is 0 Å². The number of aryl methyl sites for hydroxylation is 1. The first kappa shape index (κ1) is 10.3. The van der Waals surface area contributed by atoms with Crippen molar-refractivity contribution in [2.75, 3.05) is 11.1 Å². The van der Waals surface area contributed by atoms with Gasteiger partial charge in [0.1, 0.15) is 0 Å². The Morgan fingerprint density at radius 1 is 1.33 bits per heavy atom. The monoisotopic (exact) mass is 204 g/mol. The highest BCUT2D eigenvalue weighted by Gasteiger charge is 2.37. The molecule has 2 heteroatoms. The highest BCUT2D eigenvalue weighted by atomic mass is 15.0. The third-order valence-corrected chi connectivity index (χ3v) is 3.32. The molecule has 1 fully saturated rings. The van der Waals surface area contributed by atoms with Gasteiger partial charge in [-0.15, -0.1) is 0 Å². The molecule has 2 nitrogen and oxygen atoms in total. The molecule has 2 rings (SSSR count). The van der Waals surface area contributed by atoms with E-state index in [2.05, 4.69) is 32.2 Å². The van der Waals surface area contributed by atoms with Gasteiger partial charge in [0, 0.05) is 16.9 Å². The molecule has 0 atom stereocenters. The van der Waals surface area contributed by atoms with Crippen molar-refractivity contribution in [3.8, 4) is 0 Å². The lowest BCUT2D eigenvalue weighted by molar-refractivity contribution is 0.494. The average Bonchev–Trinajstić information content (AvgIpc) is 2.93. The summed E-state index contributed by atoms with van der Waals surface area (Å²) in [6, 6.07) is 6.05. The molecule has 0 aromatic heterocycles. The Bertz CT molecular complexity index is 365. The van der Waals surface area contributed by atoms with Crippen molar-refractivity contribution in [2.24, 2.45) is 5.92 Å². The molecule has 0 bridgehead atoms. The fraction of sp³-hybridized carbons (Fsp3) is 0.538. The molecule has 0 radical (unpaired) electrons. The third-order valence-electron chi connectivity index (χ3n) is 3.32. The van der Waals surface area contributed by atoms with Gasteiger partial charge in [-0.1, -0.05) is 6.07 Å². The first-order valence-electron chi connectivity index (χ1n) is 5.63. The molecule has 0 amide bonds. The van der Waals surface area contributed by atoms with E-state index in [4.69, 9.17) is 5.73 Å². The first-order chi connectivity index (χ1) is 6.99. The zero-order chi connectivity index (χ0) is 11.1. The summed E-state index contributed by atoms with van der Waals surface area (Å²) >= 11 is 0. The van der Waals surface area contributed by atoms with Gasteiger partial charge in [-0.25, -0.2) is 0 Å². The van der Waals surface area contributed by atoms with Gasteiger partial charge in [-0.05, 0) is 57.2 Å². The van der Waals surface area contributed by atoms with Crippen molar-refractivity contribution in [3.05, 3.63) is 23.8 Å². The Kier molecular flexibility index (Phi) is 2.37. The second kappa shape index (κ2) is 3.44. The molecule has 1 aromatic carbocycles. The largest absolute Gasteiger partial charge is 0.399 e. The van der Waals surface area contributed by atoms with E-state index in [0.29, 0.717) is 0 Å². The van der Waals surface area contributed by atoms with E-state index in [-0.39, 0.29) is 5.54 Å². The minimum atomic E-state index is 0.193. The molecule has 1 aliphatic rings. The maximum Gasteiger partial charge on any atom is 0.0394 e. The molecular weight excluding hydrogens is 184 g/mol. The molecule has 1 aromatic rings. The molecule has 82 valence electrons. The van der Waals surface area contributed by atoms with E-state index in [9.17, 15) is 0 Å². The molecule has 3 N–H and O–H groups in total. The number of hydrogen-bond acceptors (Lipinski definition) is 2. The van der Waals surface area contributed by atoms with E-state index in [1.165, 1.54) is 24.1 Å². The standard InChI is InChI=1S/C13H20N2/c1-9-4-7-11(14)8-12(9)15-13(2,3)10-5-6-10/h4,7-8,10,15H,5-6,14H2,1-3H3. The van der Waals surface area contributed by atoms with Gasteiger partial charge in [0.2, 0.25) is 0 Å². The topological polar surface area (TPSA) is 38.0 Å². The number of anilines is 2. The maximum atomic E-state index is 5.80. The van der Waals surface area contributed by atoms with Crippen LogP contribution in [0.3, 0.4) is 0 Å². The fourth-order valence-electron chi connectivity index (χ4n) is 2.03. The number of hydrogen-bond donors (Lipinski definition) is 2. The quantitative estimate of drug-likeness (QED) is 0.742. The number of benzene rings is 1. The van der Waals surface area contributed by atoms with Crippen LogP contribution >= 0.6 is 0 Å². The molecule has 0 saturated heterocycles. The van der Waals surface area contributed by atoms with Crippen LogP contribution in [0.2, 0.25) is 0 Å². The third kappa shape index (κ3) is 2.25. The molecule has 1 aliphatic carbocycles. The summed E-state index contributed by atoms with van der Waals surface area (Å²) in [6.07, 6.45) is 2.70. The summed E-state index contributed by atoms with van der Waals surface area (Å²) < 4.78 is 0. The lowest BCUT2D eigenvalue weighted by Gasteiger charge is -2.28. The normalized spacial score (nSPS) is 16.5. The summed E-state index contributed by atoms with van der Waals surface area (Å²) in [5.41, 5.74) is 9.25. The van der Waals surface area contributed by atoms with Gasteiger partial charge < -0.3 is 11.1 Å². The smallest absolute Gasteiger partial charge is 0.0394 e. The van der Waals surface area contributed by atoms with E-state index in [1.807, 2.05) is 12.1 Å². The Hall–Kier alpha value is -1.18. The van der Waals surface area contributed by atoms with E-state index >= 15 is 0 Å². The summed E-state index contributed by atoms with van der Waals surface area (Å²) in [7, 11) is 0. The van der Waals surface area contributed by atoms with E-state index < -0.39 is 0 Å². The molecule has 0 heterocycles. The van der Waals surface area contributed by atoms with Gasteiger partial charge in [0.25, 0.3) is 0 Å². The zero-order valence-corrected chi connectivity index (χ0v) is 9.80. The minimum Gasteiger partial charge on any atom is -0.399 e. The van der Waals surface area contributed by atoms with Crippen LogP contribution in [0.4, 0.5) is 11.4 Å². The highest BCUT2D eigenvalue weighted by molar-refractivity contribution is 5.60. The van der Waals surface area contributed by atoms with Crippen LogP contribution in [0.15, 0.2) is 18.2 Å². The zero-order valence-electron chi connectivity index (χ0n) is 9.80. The Morgan fingerprint density at radius 3 is 2.60 bits per heavy atom. The predicted octanol–water partition coefficient (Wildman–Crippen LogP) is 3.18. The summed E-state index contributed by atoms with van der Waals surface area (Å²) in [5, 5.41) is 3.61. The van der Waals surface area contributed by atoms with Crippen LogP contribution < -0.4 is 11.1 Å². The maximum absolute atomic E-state index is 5.80. The Labute approximate surface area is 91.9 Å². The second-order valence-electron chi connectivity index (χ2n) is 5.20. The summed E-state index contributed by atoms with van der Waals surface area (Å²) in [4.78, 5) is 0. The first-order valence-corrected chi connectivity index (χ1v) is 5.63. The van der Waals surface area contributed by atoms with Crippen molar-refractivity contribution in [1.29, 1.82) is 0 Å². The number of rotatable bonds is 3. The van der Waals surface area contributed by atoms with Crippen LogP contribution in [0, 0.1) is 12.8 Å². The van der Waals surface area contributed by atoms with Crippen LogP contribution in [-0.2, 0) is 0 Å². The van der Waals surface area contributed by atoms with Crippen LogP contribution in [0.25, 0.3) is 0 Å². The average molecular weight is 204 g/mol. The van der Waals surface area contributed by atoms with Crippen LogP contribution in [0.5, 0.6) is 0 Å². The SMILES string of the molecule is Cc1ccc(N)cc1NC(C)(C)C1CC1. The van der Waals surface area contributed by atoms with Crippen molar-refractivity contribution >= 4 is 11.4 Å². The van der Waals surface area contributed by atoms with Crippen molar-refractivity contribution < 1.29 is 0 Å². The van der Waals surface area contributed by atoms with E-state index in [0.717, 1.165) is 11.6 Å². The molecule has 0 aliphatic heterocycles. The van der Waals surface area contributed by atoms with Crippen molar-refractivity contribution in [3.63, 3.8) is 0 Å². The van der Waals surface area contributed by atoms with Crippen molar-refractivity contribution in [1.82, 2.24) is 0 Å². The predicted molar refractivity (Wildman–Crippen MR) is 66.0 cm³/mol. The molecular formula is C13H20N2. The number of nitrogens with one attached hydrogen (secondary N) is 1.